The maximum absolute atomic E-state index is 12.2. The summed E-state index contributed by atoms with van der Waals surface area (Å²) >= 11 is 0. The van der Waals surface area contributed by atoms with E-state index in [2.05, 4.69) is 0 Å². The number of carbonyl (C=O) groups is 2. The van der Waals surface area contributed by atoms with Crippen molar-refractivity contribution in [3.05, 3.63) is 79.9 Å². The Balaban J connectivity index is 1.61. The summed E-state index contributed by atoms with van der Waals surface area (Å²) in [6.07, 6.45) is 2.73. The van der Waals surface area contributed by atoms with Gasteiger partial charge in [-0.15, -0.1) is 9.78 Å². The van der Waals surface area contributed by atoms with Gasteiger partial charge in [-0.2, -0.15) is 0 Å². The summed E-state index contributed by atoms with van der Waals surface area (Å²) in [5.41, 5.74) is -0.339. The summed E-state index contributed by atoms with van der Waals surface area (Å²) in [6, 6.07) is 9.45. The van der Waals surface area contributed by atoms with E-state index in [0.717, 1.165) is 30.7 Å². The second kappa shape index (κ2) is 9.94. The molecular weight excluding hydrogens is 428 g/mol. The number of benzene rings is 2. The third-order valence-corrected chi connectivity index (χ3v) is 4.78. The standard InChI is InChI=1S/C20H18N2O10/c23-18(14-4-8-16(9-5-14)21(25)26)29-31-20(12-2-1-3-13-20)32-30-19(24)15-6-10-17(11-7-15)22(27)28/h4-11H,1-3,12-13H2. The van der Waals surface area contributed by atoms with Crippen LogP contribution >= 0.6 is 0 Å². The van der Waals surface area contributed by atoms with E-state index in [1.807, 2.05) is 0 Å². The van der Waals surface area contributed by atoms with E-state index in [4.69, 9.17) is 19.6 Å². The first-order valence-corrected chi connectivity index (χ1v) is 9.59. The van der Waals surface area contributed by atoms with Gasteiger partial charge in [0.2, 0.25) is 0 Å². The van der Waals surface area contributed by atoms with Crippen molar-refractivity contribution in [2.45, 2.75) is 37.9 Å². The number of nitrogens with zero attached hydrogens (tertiary/aromatic N) is 2. The van der Waals surface area contributed by atoms with E-state index in [1.54, 1.807) is 0 Å². The number of non-ortho nitro benzene ring substituents is 2. The third kappa shape index (κ3) is 5.62. The molecule has 0 spiro atoms. The van der Waals surface area contributed by atoms with Crippen LogP contribution in [-0.4, -0.2) is 27.6 Å². The molecule has 168 valence electrons. The number of carbonyl (C=O) groups excluding carboxylic acids is 2. The monoisotopic (exact) mass is 446 g/mol. The van der Waals surface area contributed by atoms with E-state index in [-0.39, 0.29) is 35.3 Å². The molecule has 32 heavy (non-hydrogen) atoms. The van der Waals surface area contributed by atoms with E-state index in [9.17, 15) is 29.8 Å². The molecular formula is C20H18N2O10. The molecule has 0 atom stereocenters. The van der Waals surface area contributed by atoms with Gasteiger partial charge in [-0.3, -0.25) is 30.0 Å². The van der Waals surface area contributed by atoms with Gasteiger partial charge in [0.25, 0.3) is 17.2 Å². The molecule has 12 heteroatoms. The van der Waals surface area contributed by atoms with Crippen molar-refractivity contribution in [1.82, 2.24) is 0 Å². The van der Waals surface area contributed by atoms with Crippen LogP contribution in [0.25, 0.3) is 0 Å². The van der Waals surface area contributed by atoms with Crippen molar-refractivity contribution >= 4 is 23.3 Å². The van der Waals surface area contributed by atoms with Gasteiger partial charge in [0.15, 0.2) is 0 Å². The van der Waals surface area contributed by atoms with Gasteiger partial charge in [0.05, 0.1) is 21.0 Å². The molecule has 0 aliphatic heterocycles. The SMILES string of the molecule is O=C(OOC1(OOC(=O)c2ccc([N+](=O)[O-])cc2)CCCCC1)c1ccc([N+](=O)[O-])cc1. The molecule has 0 bridgehead atoms. The van der Waals surface area contributed by atoms with Crippen LogP contribution in [-0.2, 0) is 19.6 Å². The first-order chi connectivity index (χ1) is 15.3. The molecule has 0 unspecified atom stereocenters. The van der Waals surface area contributed by atoms with Crippen LogP contribution in [0.15, 0.2) is 48.5 Å². The lowest BCUT2D eigenvalue weighted by atomic mass is 9.94. The zero-order valence-corrected chi connectivity index (χ0v) is 16.6. The molecule has 2 aromatic carbocycles. The topological polar surface area (TPSA) is 157 Å². The Morgan fingerprint density at radius 2 is 1.06 bits per heavy atom. The van der Waals surface area contributed by atoms with Crippen molar-refractivity contribution in [2.24, 2.45) is 0 Å². The van der Waals surface area contributed by atoms with E-state index in [1.165, 1.54) is 24.3 Å². The number of nitro groups is 2. The molecule has 12 nitrogen and oxygen atoms in total. The molecule has 0 saturated heterocycles. The normalized spacial score (nSPS) is 14.9. The van der Waals surface area contributed by atoms with E-state index in [0.29, 0.717) is 12.8 Å². The number of hydrogen-bond acceptors (Lipinski definition) is 10. The summed E-state index contributed by atoms with van der Waals surface area (Å²) in [6.45, 7) is 0. The lowest BCUT2D eigenvalue weighted by Crippen LogP contribution is -2.39. The number of nitro benzene ring substituents is 2. The summed E-state index contributed by atoms with van der Waals surface area (Å²) in [7, 11) is 0. The van der Waals surface area contributed by atoms with Gasteiger partial charge in [0, 0.05) is 37.1 Å². The number of rotatable bonds is 8. The third-order valence-electron chi connectivity index (χ3n) is 4.78. The lowest BCUT2D eigenvalue weighted by molar-refractivity contribution is -0.481. The largest absolute Gasteiger partial charge is 0.373 e. The molecule has 2 aromatic rings. The lowest BCUT2D eigenvalue weighted by Gasteiger charge is -2.32. The van der Waals surface area contributed by atoms with Crippen LogP contribution in [0, 0.1) is 20.2 Å². The van der Waals surface area contributed by atoms with Gasteiger partial charge in [-0.05, 0) is 37.1 Å². The first-order valence-electron chi connectivity index (χ1n) is 9.59. The zero-order valence-electron chi connectivity index (χ0n) is 16.6. The minimum Gasteiger partial charge on any atom is -0.290 e. The van der Waals surface area contributed by atoms with Gasteiger partial charge < -0.3 is 0 Å². The molecule has 0 heterocycles. The Labute approximate surface area is 180 Å². The summed E-state index contributed by atoms with van der Waals surface area (Å²) in [5, 5.41) is 21.4. The molecule has 1 saturated carbocycles. The van der Waals surface area contributed by atoms with Crippen molar-refractivity contribution in [3.8, 4) is 0 Å². The van der Waals surface area contributed by atoms with Gasteiger partial charge in [0.1, 0.15) is 0 Å². The fourth-order valence-electron chi connectivity index (χ4n) is 3.03. The quantitative estimate of drug-likeness (QED) is 0.251. The van der Waals surface area contributed by atoms with Gasteiger partial charge in [-0.1, -0.05) is 6.42 Å². The van der Waals surface area contributed by atoms with Gasteiger partial charge >= 0.3 is 11.9 Å². The smallest absolute Gasteiger partial charge is 0.290 e. The molecule has 3 rings (SSSR count). The maximum Gasteiger partial charge on any atom is 0.373 e. The molecule has 0 N–H and O–H groups in total. The summed E-state index contributed by atoms with van der Waals surface area (Å²) in [5.74, 6) is -3.34. The van der Waals surface area contributed by atoms with Crippen LogP contribution in [0.5, 0.6) is 0 Å². The van der Waals surface area contributed by atoms with Crippen LogP contribution in [0.3, 0.4) is 0 Å². The fraction of sp³-hybridized carbons (Fsp3) is 0.300. The van der Waals surface area contributed by atoms with Crippen LogP contribution in [0.2, 0.25) is 0 Å². The highest BCUT2D eigenvalue weighted by molar-refractivity contribution is 5.89. The Bertz CT molecular complexity index is 923. The van der Waals surface area contributed by atoms with Crippen molar-refractivity contribution < 1.29 is 39.0 Å². The minimum absolute atomic E-state index is 0.0180. The fourth-order valence-corrected chi connectivity index (χ4v) is 3.03. The molecule has 0 radical (unpaired) electrons. The predicted octanol–water partition coefficient (Wildman–Crippen LogP) is 4.04. The molecule has 0 amide bonds. The van der Waals surface area contributed by atoms with E-state index >= 15 is 0 Å². The summed E-state index contributed by atoms with van der Waals surface area (Å²) < 4.78 is 0. The molecule has 1 aliphatic rings. The average Bonchev–Trinajstić information content (AvgIpc) is 2.82. The Morgan fingerprint density at radius 1 is 0.688 bits per heavy atom. The Morgan fingerprint density at radius 3 is 1.41 bits per heavy atom. The molecule has 1 aliphatic carbocycles. The second-order valence-electron chi connectivity index (χ2n) is 6.99. The van der Waals surface area contributed by atoms with Crippen molar-refractivity contribution in [1.29, 1.82) is 0 Å². The minimum atomic E-state index is -1.52. The van der Waals surface area contributed by atoms with Crippen LogP contribution in [0.4, 0.5) is 11.4 Å². The van der Waals surface area contributed by atoms with Gasteiger partial charge in [-0.25, -0.2) is 9.59 Å². The zero-order chi connectivity index (χ0) is 23.1. The first kappa shape index (κ1) is 22.8. The highest BCUT2D eigenvalue weighted by Gasteiger charge is 2.40. The predicted molar refractivity (Wildman–Crippen MR) is 105 cm³/mol. The number of hydrogen-bond donors (Lipinski definition) is 0. The molecule has 1 fully saturated rings. The summed E-state index contributed by atoms with van der Waals surface area (Å²) in [4.78, 5) is 64.8. The average molecular weight is 446 g/mol. The van der Waals surface area contributed by atoms with Crippen LogP contribution in [0.1, 0.15) is 52.8 Å². The molecule has 0 aromatic heterocycles. The maximum atomic E-state index is 12.2. The van der Waals surface area contributed by atoms with E-state index < -0.39 is 27.6 Å². The van der Waals surface area contributed by atoms with Crippen LogP contribution < -0.4 is 0 Å². The Kier molecular flexibility index (Phi) is 7.07. The van der Waals surface area contributed by atoms with Crippen molar-refractivity contribution in [2.75, 3.05) is 0 Å². The highest BCUT2D eigenvalue weighted by Crippen LogP contribution is 2.34. The highest BCUT2D eigenvalue weighted by atomic mass is 17.3. The Hall–Kier alpha value is -3.90. The second-order valence-corrected chi connectivity index (χ2v) is 6.99. The van der Waals surface area contributed by atoms with Crippen molar-refractivity contribution in [3.63, 3.8) is 0 Å².